The van der Waals surface area contributed by atoms with Crippen LogP contribution in [-0.2, 0) is 4.74 Å². The number of hydrogen-bond donors (Lipinski definition) is 1. The molecule has 86 valence electrons. The van der Waals surface area contributed by atoms with Crippen LogP contribution in [0.5, 0.6) is 0 Å². The minimum atomic E-state index is -0.736. The van der Waals surface area contributed by atoms with E-state index in [9.17, 15) is 14.9 Å². The van der Waals surface area contributed by atoms with E-state index in [4.69, 9.17) is 22.1 Å². The summed E-state index contributed by atoms with van der Waals surface area (Å²) in [5.41, 5.74) is 4.67. The molecule has 0 atom stereocenters. The minimum Gasteiger partial charge on any atom is -0.462 e. The van der Waals surface area contributed by atoms with Gasteiger partial charge in [-0.1, -0.05) is 11.6 Å². The number of nitrogens with two attached hydrogens (primary N) is 1. The summed E-state index contributed by atoms with van der Waals surface area (Å²) >= 11 is 5.60. The van der Waals surface area contributed by atoms with Gasteiger partial charge < -0.3 is 10.5 Å². The molecule has 0 aromatic heterocycles. The Labute approximate surface area is 96.1 Å². The molecular formula is C9H9ClN2O4. The van der Waals surface area contributed by atoms with Crippen molar-refractivity contribution in [2.45, 2.75) is 6.92 Å². The van der Waals surface area contributed by atoms with E-state index in [1.165, 1.54) is 12.1 Å². The van der Waals surface area contributed by atoms with Gasteiger partial charge in [-0.3, -0.25) is 10.1 Å². The van der Waals surface area contributed by atoms with E-state index >= 15 is 0 Å². The molecule has 0 aliphatic carbocycles. The highest BCUT2D eigenvalue weighted by molar-refractivity contribution is 6.33. The molecule has 1 aromatic carbocycles. The fourth-order valence-electron chi connectivity index (χ4n) is 1.15. The predicted octanol–water partition coefficient (Wildman–Crippen LogP) is 2.01. The Balaban J connectivity index is 3.29. The summed E-state index contributed by atoms with van der Waals surface area (Å²) in [5.74, 6) is -0.709. The van der Waals surface area contributed by atoms with Crippen LogP contribution < -0.4 is 5.73 Å². The van der Waals surface area contributed by atoms with Crippen molar-refractivity contribution < 1.29 is 14.5 Å². The second-order valence-electron chi connectivity index (χ2n) is 2.83. The van der Waals surface area contributed by atoms with Crippen molar-refractivity contribution in [2.24, 2.45) is 0 Å². The van der Waals surface area contributed by atoms with Gasteiger partial charge >= 0.3 is 11.7 Å². The fourth-order valence-corrected chi connectivity index (χ4v) is 1.39. The Kier molecular flexibility index (Phi) is 3.68. The van der Waals surface area contributed by atoms with Crippen molar-refractivity contribution in [3.05, 3.63) is 32.8 Å². The molecule has 0 amide bonds. The molecular weight excluding hydrogens is 236 g/mol. The highest BCUT2D eigenvalue weighted by atomic mass is 35.5. The zero-order chi connectivity index (χ0) is 12.3. The van der Waals surface area contributed by atoms with Gasteiger partial charge in [-0.2, -0.15) is 0 Å². The number of nitro benzene ring substituents is 1. The SMILES string of the molecule is CCOC(=O)c1ccc(Cl)c([N+](=O)[O-])c1N. The second kappa shape index (κ2) is 4.80. The van der Waals surface area contributed by atoms with Gasteiger partial charge in [-0.25, -0.2) is 4.79 Å². The van der Waals surface area contributed by atoms with E-state index < -0.39 is 16.6 Å². The number of carbonyl (C=O) groups excluding carboxylic acids is 1. The zero-order valence-corrected chi connectivity index (χ0v) is 9.15. The number of carbonyl (C=O) groups is 1. The predicted molar refractivity (Wildman–Crippen MR) is 58.5 cm³/mol. The van der Waals surface area contributed by atoms with Crippen LogP contribution in [-0.4, -0.2) is 17.5 Å². The van der Waals surface area contributed by atoms with Crippen LogP contribution in [0.2, 0.25) is 5.02 Å². The maximum Gasteiger partial charge on any atom is 0.340 e. The topological polar surface area (TPSA) is 95.5 Å². The summed E-state index contributed by atoms with van der Waals surface area (Å²) in [7, 11) is 0. The van der Waals surface area contributed by atoms with Gasteiger partial charge in [-0.05, 0) is 19.1 Å². The van der Waals surface area contributed by atoms with Gasteiger partial charge in [0.05, 0.1) is 17.1 Å². The monoisotopic (exact) mass is 244 g/mol. The highest BCUT2D eigenvalue weighted by Crippen LogP contribution is 2.33. The number of benzene rings is 1. The summed E-state index contributed by atoms with van der Waals surface area (Å²) in [4.78, 5) is 21.3. The van der Waals surface area contributed by atoms with Crippen molar-refractivity contribution in [2.75, 3.05) is 12.3 Å². The van der Waals surface area contributed by atoms with E-state index in [-0.39, 0.29) is 22.9 Å². The highest BCUT2D eigenvalue weighted by Gasteiger charge is 2.23. The number of nitrogen functional groups attached to an aromatic ring is 1. The van der Waals surface area contributed by atoms with Gasteiger partial charge in [0, 0.05) is 0 Å². The first-order valence-corrected chi connectivity index (χ1v) is 4.76. The van der Waals surface area contributed by atoms with Crippen LogP contribution in [0.4, 0.5) is 11.4 Å². The molecule has 0 heterocycles. The molecule has 0 aliphatic rings. The second-order valence-corrected chi connectivity index (χ2v) is 3.24. The first-order valence-electron chi connectivity index (χ1n) is 4.38. The van der Waals surface area contributed by atoms with E-state index in [1.54, 1.807) is 6.92 Å². The molecule has 0 spiro atoms. The Hall–Kier alpha value is -1.82. The summed E-state index contributed by atoms with van der Waals surface area (Å²) in [6, 6.07) is 2.53. The Morgan fingerprint density at radius 1 is 1.62 bits per heavy atom. The molecule has 2 N–H and O–H groups in total. The molecule has 7 heteroatoms. The van der Waals surface area contributed by atoms with Crippen LogP contribution >= 0.6 is 11.6 Å². The smallest absolute Gasteiger partial charge is 0.340 e. The minimum absolute atomic E-state index is 0.0575. The van der Waals surface area contributed by atoms with Gasteiger partial charge in [0.2, 0.25) is 0 Å². The molecule has 0 saturated carbocycles. The van der Waals surface area contributed by atoms with E-state index in [0.717, 1.165) is 0 Å². The lowest BCUT2D eigenvalue weighted by Crippen LogP contribution is -2.09. The molecule has 16 heavy (non-hydrogen) atoms. The van der Waals surface area contributed by atoms with Gasteiger partial charge in [-0.15, -0.1) is 0 Å². The van der Waals surface area contributed by atoms with E-state index in [2.05, 4.69) is 0 Å². The molecule has 1 aromatic rings. The lowest BCUT2D eigenvalue weighted by Gasteiger charge is -2.06. The zero-order valence-electron chi connectivity index (χ0n) is 8.40. The molecule has 0 bridgehead atoms. The van der Waals surface area contributed by atoms with Gasteiger partial charge in [0.1, 0.15) is 10.7 Å². The van der Waals surface area contributed by atoms with Crippen molar-refractivity contribution in [3.63, 3.8) is 0 Å². The molecule has 0 radical (unpaired) electrons. The van der Waals surface area contributed by atoms with Gasteiger partial charge in [0.25, 0.3) is 0 Å². The number of rotatable bonds is 3. The standard InChI is InChI=1S/C9H9ClN2O4/c1-2-16-9(13)5-3-4-6(10)8(7(5)11)12(14)15/h3-4H,2,11H2,1H3. The summed E-state index contributed by atoms with van der Waals surface area (Å²) in [6.45, 7) is 1.78. The molecule has 0 fully saturated rings. The summed E-state index contributed by atoms with van der Waals surface area (Å²) < 4.78 is 4.70. The average molecular weight is 245 g/mol. The number of nitrogens with zero attached hydrogens (tertiary/aromatic N) is 1. The van der Waals surface area contributed by atoms with E-state index in [0.29, 0.717) is 0 Å². The number of esters is 1. The molecule has 1 rings (SSSR count). The van der Waals surface area contributed by atoms with Crippen LogP contribution in [0, 0.1) is 10.1 Å². The molecule has 0 unspecified atom stereocenters. The van der Waals surface area contributed by atoms with Crippen molar-refractivity contribution in [1.29, 1.82) is 0 Å². The largest absolute Gasteiger partial charge is 0.462 e. The van der Waals surface area contributed by atoms with Crippen LogP contribution in [0.3, 0.4) is 0 Å². The first-order chi connectivity index (χ1) is 7.49. The number of halogens is 1. The summed E-state index contributed by atoms with van der Waals surface area (Å²) in [5, 5.41) is 10.5. The van der Waals surface area contributed by atoms with E-state index in [1.807, 2.05) is 0 Å². The third-order valence-electron chi connectivity index (χ3n) is 1.85. The van der Waals surface area contributed by atoms with Crippen molar-refractivity contribution >= 4 is 28.9 Å². The maximum atomic E-state index is 11.4. The van der Waals surface area contributed by atoms with Crippen molar-refractivity contribution in [3.8, 4) is 0 Å². The van der Waals surface area contributed by atoms with Crippen LogP contribution in [0.1, 0.15) is 17.3 Å². The molecule has 0 aliphatic heterocycles. The fraction of sp³-hybridized carbons (Fsp3) is 0.222. The summed E-state index contributed by atoms with van der Waals surface area (Å²) in [6.07, 6.45) is 0. The Morgan fingerprint density at radius 2 is 2.25 bits per heavy atom. The van der Waals surface area contributed by atoms with Crippen LogP contribution in [0.25, 0.3) is 0 Å². The number of nitro groups is 1. The van der Waals surface area contributed by atoms with Crippen LogP contribution in [0.15, 0.2) is 12.1 Å². The normalized spacial score (nSPS) is 9.88. The first kappa shape index (κ1) is 12.3. The third kappa shape index (κ3) is 2.22. The average Bonchev–Trinajstić information content (AvgIpc) is 2.17. The third-order valence-corrected chi connectivity index (χ3v) is 2.15. The lowest BCUT2D eigenvalue weighted by molar-refractivity contribution is -0.383. The van der Waals surface area contributed by atoms with Crippen molar-refractivity contribution in [1.82, 2.24) is 0 Å². The molecule has 0 saturated heterocycles. The Morgan fingerprint density at radius 3 is 2.75 bits per heavy atom. The maximum absolute atomic E-state index is 11.4. The number of hydrogen-bond acceptors (Lipinski definition) is 5. The number of anilines is 1. The number of ether oxygens (including phenoxy) is 1. The quantitative estimate of drug-likeness (QED) is 0.380. The molecule has 6 nitrogen and oxygen atoms in total. The Bertz CT molecular complexity index is 447. The van der Waals surface area contributed by atoms with Gasteiger partial charge in [0.15, 0.2) is 0 Å². The lowest BCUT2D eigenvalue weighted by atomic mass is 10.1.